The Morgan fingerprint density at radius 1 is 1.09 bits per heavy atom. The summed E-state index contributed by atoms with van der Waals surface area (Å²) < 4.78 is 27.6. The maximum absolute atomic E-state index is 12.5. The van der Waals surface area contributed by atoms with Gasteiger partial charge in [-0.2, -0.15) is 5.10 Å². The Bertz CT molecular complexity index is 1330. The molecule has 0 aliphatic carbocycles. The van der Waals surface area contributed by atoms with Gasteiger partial charge >= 0.3 is 0 Å². The van der Waals surface area contributed by atoms with Gasteiger partial charge in [0.25, 0.3) is 5.91 Å². The van der Waals surface area contributed by atoms with Gasteiger partial charge in [0, 0.05) is 22.6 Å². The monoisotopic (exact) mass is 506 g/mol. The van der Waals surface area contributed by atoms with Crippen molar-refractivity contribution in [3.63, 3.8) is 0 Å². The van der Waals surface area contributed by atoms with E-state index in [2.05, 4.69) is 10.5 Å². The van der Waals surface area contributed by atoms with Gasteiger partial charge in [0.15, 0.2) is 0 Å². The molecular weight excluding hydrogens is 483 g/mol. The fourth-order valence-electron chi connectivity index (χ4n) is 3.50. The van der Waals surface area contributed by atoms with E-state index in [0.29, 0.717) is 15.7 Å². The molecule has 33 heavy (non-hydrogen) atoms. The minimum absolute atomic E-state index is 0.386. The predicted octanol–water partition coefficient (Wildman–Crippen LogP) is 4.63. The van der Waals surface area contributed by atoms with Gasteiger partial charge in [-0.15, -0.1) is 0 Å². The van der Waals surface area contributed by atoms with Crippen LogP contribution in [-0.4, -0.2) is 37.9 Å². The number of para-hydroxylation sites is 1. The van der Waals surface area contributed by atoms with Crippen molar-refractivity contribution < 1.29 is 13.2 Å². The molecule has 10 heteroatoms. The summed E-state index contributed by atoms with van der Waals surface area (Å²) >= 11 is 12.2. The number of aryl methyl sites for hydroxylation is 2. The molecule has 7 nitrogen and oxygen atoms in total. The van der Waals surface area contributed by atoms with Crippen LogP contribution in [0.4, 0.5) is 5.69 Å². The van der Waals surface area contributed by atoms with Crippen molar-refractivity contribution in [2.75, 3.05) is 17.1 Å². The minimum Gasteiger partial charge on any atom is -0.318 e. The Morgan fingerprint density at radius 2 is 1.79 bits per heavy atom. The zero-order chi connectivity index (χ0) is 24.3. The second-order valence-corrected chi connectivity index (χ2v) is 10.3. The van der Waals surface area contributed by atoms with E-state index in [4.69, 9.17) is 23.2 Å². The average molecular weight is 507 g/mol. The number of anilines is 1. The van der Waals surface area contributed by atoms with E-state index >= 15 is 0 Å². The van der Waals surface area contributed by atoms with E-state index in [-0.39, 0.29) is 6.54 Å². The maximum atomic E-state index is 12.5. The van der Waals surface area contributed by atoms with Crippen LogP contribution in [0.25, 0.3) is 5.69 Å². The van der Waals surface area contributed by atoms with E-state index in [1.807, 2.05) is 30.5 Å². The first-order valence-electron chi connectivity index (χ1n) is 9.98. The number of benzene rings is 2. The van der Waals surface area contributed by atoms with Crippen molar-refractivity contribution in [3.05, 3.63) is 81.1 Å². The number of aromatic nitrogens is 1. The molecule has 1 N–H and O–H groups in total. The molecule has 1 heterocycles. The summed E-state index contributed by atoms with van der Waals surface area (Å²) in [7, 11) is -3.66. The van der Waals surface area contributed by atoms with Crippen molar-refractivity contribution in [1.82, 2.24) is 9.99 Å². The van der Waals surface area contributed by atoms with Crippen molar-refractivity contribution >= 4 is 51.0 Å². The number of rotatable bonds is 7. The Morgan fingerprint density at radius 3 is 2.42 bits per heavy atom. The Balaban J connectivity index is 1.76. The molecule has 0 spiro atoms. The van der Waals surface area contributed by atoms with Gasteiger partial charge in [-0.25, -0.2) is 13.8 Å². The van der Waals surface area contributed by atoms with Crippen molar-refractivity contribution in [2.45, 2.75) is 20.8 Å². The predicted molar refractivity (Wildman–Crippen MR) is 134 cm³/mol. The van der Waals surface area contributed by atoms with E-state index in [0.717, 1.165) is 38.8 Å². The highest BCUT2D eigenvalue weighted by atomic mass is 35.5. The molecular formula is C23H24Cl2N4O3S. The van der Waals surface area contributed by atoms with Gasteiger partial charge in [-0.05, 0) is 56.7 Å². The third-order valence-corrected chi connectivity index (χ3v) is 6.96. The summed E-state index contributed by atoms with van der Waals surface area (Å²) in [5.41, 5.74) is 7.08. The summed E-state index contributed by atoms with van der Waals surface area (Å²) in [6, 6.07) is 14.3. The summed E-state index contributed by atoms with van der Waals surface area (Å²) in [4.78, 5) is 12.5. The smallest absolute Gasteiger partial charge is 0.260 e. The standard InChI is InChI=1S/C23H24Cl2N4O3S/c1-15-7-5-6-8-22(15)28(33(4,31)32)14-23(30)27-26-13-18-11-16(2)29(17(18)3)19-9-10-20(24)21(25)12-19/h5-13H,14H2,1-4H3,(H,27,30)/b26-13+. The number of hydrogen-bond acceptors (Lipinski definition) is 4. The van der Waals surface area contributed by atoms with Crippen LogP contribution in [0.5, 0.6) is 0 Å². The third kappa shape index (κ3) is 5.76. The molecule has 0 fully saturated rings. The van der Waals surface area contributed by atoms with Gasteiger partial charge < -0.3 is 4.57 Å². The quantitative estimate of drug-likeness (QED) is 0.374. The van der Waals surface area contributed by atoms with Gasteiger partial charge in [-0.1, -0.05) is 41.4 Å². The molecule has 0 aliphatic rings. The molecule has 2 aromatic carbocycles. The Hall–Kier alpha value is -2.81. The summed E-state index contributed by atoms with van der Waals surface area (Å²) in [6.45, 7) is 5.26. The van der Waals surface area contributed by atoms with Gasteiger partial charge in [-0.3, -0.25) is 9.10 Å². The molecule has 0 unspecified atom stereocenters. The largest absolute Gasteiger partial charge is 0.318 e. The first-order valence-corrected chi connectivity index (χ1v) is 12.6. The fourth-order valence-corrected chi connectivity index (χ4v) is 4.71. The second kappa shape index (κ2) is 9.99. The highest BCUT2D eigenvalue weighted by molar-refractivity contribution is 7.92. The van der Waals surface area contributed by atoms with Crippen LogP contribution in [0.3, 0.4) is 0 Å². The zero-order valence-electron chi connectivity index (χ0n) is 18.6. The fraction of sp³-hybridized carbons (Fsp3) is 0.217. The lowest BCUT2D eigenvalue weighted by Gasteiger charge is -2.23. The van der Waals surface area contributed by atoms with Gasteiger partial charge in [0.2, 0.25) is 10.0 Å². The molecule has 174 valence electrons. The molecule has 1 amide bonds. The van der Waals surface area contributed by atoms with Crippen LogP contribution < -0.4 is 9.73 Å². The second-order valence-electron chi connectivity index (χ2n) is 7.61. The summed E-state index contributed by atoms with van der Waals surface area (Å²) in [5.74, 6) is -0.557. The van der Waals surface area contributed by atoms with Crippen molar-refractivity contribution in [1.29, 1.82) is 0 Å². The topological polar surface area (TPSA) is 83.8 Å². The summed E-state index contributed by atoms with van der Waals surface area (Å²) in [6.07, 6.45) is 2.58. The van der Waals surface area contributed by atoms with E-state index in [1.54, 1.807) is 43.3 Å². The average Bonchev–Trinajstić information content (AvgIpc) is 3.01. The zero-order valence-corrected chi connectivity index (χ0v) is 21.0. The first-order chi connectivity index (χ1) is 15.5. The molecule has 3 rings (SSSR count). The Labute approximate surface area is 203 Å². The molecule has 0 bridgehead atoms. The Kier molecular flexibility index (Phi) is 7.51. The molecule has 0 aliphatic heterocycles. The van der Waals surface area contributed by atoms with E-state index < -0.39 is 15.9 Å². The molecule has 3 aromatic rings. The highest BCUT2D eigenvalue weighted by Crippen LogP contribution is 2.27. The van der Waals surface area contributed by atoms with Crippen LogP contribution in [0.1, 0.15) is 22.5 Å². The number of halogens is 2. The number of hydrogen-bond donors (Lipinski definition) is 1. The number of nitrogens with zero attached hydrogens (tertiary/aromatic N) is 3. The number of sulfonamides is 1. The lowest BCUT2D eigenvalue weighted by Crippen LogP contribution is -2.39. The SMILES string of the molecule is Cc1ccccc1N(CC(=O)N/N=C/c1cc(C)n(-c2ccc(Cl)c(Cl)c2)c1C)S(C)(=O)=O. The lowest BCUT2D eigenvalue weighted by molar-refractivity contribution is -0.119. The van der Waals surface area contributed by atoms with Crippen molar-refractivity contribution in [3.8, 4) is 5.69 Å². The highest BCUT2D eigenvalue weighted by Gasteiger charge is 2.22. The molecule has 0 radical (unpaired) electrons. The number of carbonyl (C=O) groups excluding carboxylic acids is 1. The van der Waals surface area contributed by atoms with E-state index in [9.17, 15) is 13.2 Å². The van der Waals surface area contributed by atoms with Gasteiger partial charge in [0.1, 0.15) is 6.54 Å². The van der Waals surface area contributed by atoms with Gasteiger partial charge in [0.05, 0.1) is 28.2 Å². The molecule has 0 saturated heterocycles. The number of amides is 1. The molecule has 0 saturated carbocycles. The van der Waals surface area contributed by atoms with Crippen molar-refractivity contribution in [2.24, 2.45) is 5.10 Å². The lowest BCUT2D eigenvalue weighted by atomic mass is 10.2. The molecule has 1 aromatic heterocycles. The molecule has 0 atom stereocenters. The summed E-state index contributed by atoms with van der Waals surface area (Å²) in [5, 5.41) is 4.95. The number of nitrogens with one attached hydrogen (secondary N) is 1. The third-order valence-electron chi connectivity index (χ3n) is 5.10. The van der Waals surface area contributed by atoms with Crippen LogP contribution in [0.15, 0.2) is 53.6 Å². The van der Waals surface area contributed by atoms with E-state index in [1.165, 1.54) is 6.21 Å². The normalized spacial score (nSPS) is 11.7. The van der Waals surface area contributed by atoms with Crippen LogP contribution in [0, 0.1) is 20.8 Å². The maximum Gasteiger partial charge on any atom is 0.260 e. The van der Waals surface area contributed by atoms with Crippen LogP contribution in [-0.2, 0) is 14.8 Å². The first kappa shape index (κ1) is 24.8. The van der Waals surface area contributed by atoms with Crippen LogP contribution >= 0.6 is 23.2 Å². The number of carbonyl (C=O) groups is 1. The van der Waals surface area contributed by atoms with Crippen LogP contribution in [0.2, 0.25) is 10.0 Å². The minimum atomic E-state index is -3.66. The number of hydrazone groups is 1.